The molecule has 5 aliphatic carbocycles. The molecule has 0 aromatic heterocycles. The summed E-state index contributed by atoms with van der Waals surface area (Å²) in [6.45, 7) is 5.68. The minimum atomic E-state index is 0. The smallest absolute Gasteiger partial charge is 0.155 e. The summed E-state index contributed by atoms with van der Waals surface area (Å²) in [5.41, 5.74) is 1.98. The van der Waals surface area contributed by atoms with Crippen LogP contribution < -0.4 is 0 Å². The van der Waals surface area contributed by atoms with Crippen molar-refractivity contribution >= 4 is 5.78 Å². The van der Waals surface area contributed by atoms with Gasteiger partial charge in [-0.15, -0.1) is 0 Å². The fourth-order valence-electron chi connectivity index (χ4n) is 9.27. The summed E-state index contributed by atoms with van der Waals surface area (Å²) in [5.74, 6) is 6.13. The standard InChI is InChI=1S/C25H34O2.15CH4/c1-3-15-12-16-13-17(26)6-7-18(16)19-8-10-24(4-2)23(22(15)19)20-14-21(20)25(24)9-5-11-27-25;;;;;;;;;;;;;;;/h5,9,13,15,18-23H,3-4,6-8,10-12,14H2,1-2H3;15*1H4/t15-,18-,19+,20+,21-,22+,23-,24-,25-;;;;;;;;;;;;;;;/m0.............../s1. The van der Waals surface area contributed by atoms with Gasteiger partial charge in [0.05, 0.1) is 12.2 Å². The van der Waals surface area contributed by atoms with E-state index < -0.39 is 0 Å². The minimum Gasteiger partial charge on any atom is -0.366 e. The van der Waals surface area contributed by atoms with Crippen LogP contribution in [-0.2, 0) is 9.53 Å². The zero-order valence-corrected chi connectivity index (χ0v) is 17.0. The average molecular weight is 607 g/mol. The van der Waals surface area contributed by atoms with Crippen LogP contribution in [0.3, 0.4) is 0 Å². The molecular weight excluding hydrogens is 512 g/mol. The molecule has 0 aromatic rings. The van der Waals surface area contributed by atoms with Crippen LogP contribution in [0.1, 0.15) is 177 Å². The third kappa shape index (κ3) is 8.22. The van der Waals surface area contributed by atoms with Crippen LogP contribution in [0.4, 0.5) is 0 Å². The highest BCUT2D eigenvalue weighted by Gasteiger charge is 2.77. The quantitative estimate of drug-likeness (QED) is 0.292. The van der Waals surface area contributed by atoms with Gasteiger partial charge in [0.2, 0.25) is 0 Å². The van der Waals surface area contributed by atoms with Gasteiger partial charge in [0, 0.05) is 11.8 Å². The van der Waals surface area contributed by atoms with E-state index in [1.807, 2.05) is 0 Å². The Balaban J connectivity index is -0.0000000853. The molecule has 0 saturated heterocycles. The van der Waals surface area contributed by atoms with E-state index in [0.717, 1.165) is 55.0 Å². The Morgan fingerprint density at radius 1 is 0.810 bits per heavy atom. The first-order valence-corrected chi connectivity index (χ1v) is 11.7. The molecule has 1 spiro atoms. The second-order valence-corrected chi connectivity index (χ2v) is 10.5. The van der Waals surface area contributed by atoms with Gasteiger partial charge in [0.15, 0.2) is 5.78 Å². The first-order chi connectivity index (χ1) is 13.1. The van der Waals surface area contributed by atoms with Crippen LogP contribution in [0.25, 0.3) is 0 Å². The van der Waals surface area contributed by atoms with Crippen LogP contribution in [0.15, 0.2) is 23.8 Å². The number of rotatable bonds is 2. The SMILES string of the molecule is C.C.C.C.C.C.C.C.C.C.C.C.C.C.C.CC[C@H]1CC2=CC(=O)CC[C@@H]2[C@H]2CC[C@@]3(CC)[C@@H]([C@@H]4C[C@@H]4[C@@]34C=CCO4)[C@H]12. The maximum atomic E-state index is 12.1. The molecule has 42 heavy (non-hydrogen) atoms. The molecule has 4 saturated carbocycles. The average Bonchev–Trinajstić information content (AvgIpc) is 3.26. The largest absolute Gasteiger partial charge is 0.366 e. The molecule has 0 amide bonds. The molecule has 6 aliphatic rings. The zero-order chi connectivity index (χ0) is 18.4. The van der Waals surface area contributed by atoms with Gasteiger partial charge >= 0.3 is 0 Å². The maximum absolute atomic E-state index is 12.1. The number of ketones is 1. The van der Waals surface area contributed by atoms with E-state index in [2.05, 4.69) is 32.1 Å². The van der Waals surface area contributed by atoms with E-state index in [0.29, 0.717) is 17.1 Å². The Bertz CT molecular complexity index is 736. The summed E-state index contributed by atoms with van der Waals surface area (Å²) in [6.07, 6.45) is 16.7. The van der Waals surface area contributed by atoms with Crippen molar-refractivity contribution in [2.75, 3.05) is 6.61 Å². The van der Waals surface area contributed by atoms with Crippen molar-refractivity contribution in [2.24, 2.45) is 46.8 Å². The van der Waals surface area contributed by atoms with Crippen molar-refractivity contribution < 1.29 is 9.53 Å². The van der Waals surface area contributed by atoms with Crippen LogP contribution in [0.2, 0.25) is 0 Å². The molecule has 4 fully saturated rings. The molecule has 2 heteroatoms. The van der Waals surface area contributed by atoms with Gasteiger partial charge in [0.1, 0.15) is 0 Å². The van der Waals surface area contributed by atoms with Crippen molar-refractivity contribution in [2.45, 2.75) is 182 Å². The molecule has 1 aliphatic heterocycles. The number of fused-ring (bicyclic) bond motifs is 9. The molecule has 0 bridgehead atoms. The van der Waals surface area contributed by atoms with Crippen LogP contribution in [-0.4, -0.2) is 18.0 Å². The Hall–Kier alpha value is -0.890. The highest BCUT2D eigenvalue weighted by atomic mass is 16.5. The molecule has 0 aromatic carbocycles. The van der Waals surface area contributed by atoms with E-state index in [4.69, 9.17) is 4.74 Å². The lowest BCUT2D eigenvalue weighted by molar-refractivity contribution is -0.152. The molecule has 2 nitrogen and oxygen atoms in total. The third-order valence-electron chi connectivity index (χ3n) is 10.1. The Morgan fingerprint density at radius 3 is 1.86 bits per heavy atom. The zero-order valence-electron chi connectivity index (χ0n) is 17.0. The van der Waals surface area contributed by atoms with Gasteiger partial charge < -0.3 is 4.74 Å². The van der Waals surface area contributed by atoms with Gasteiger partial charge in [-0.25, -0.2) is 0 Å². The van der Waals surface area contributed by atoms with Crippen molar-refractivity contribution in [3.05, 3.63) is 23.8 Å². The van der Waals surface area contributed by atoms with Crippen molar-refractivity contribution in [3.63, 3.8) is 0 Å². The lowest BCUT2D eigenvalue weighted by Crippen LogP contribution is -2.57. The maximum Gasteiger partial charge on any atom is 0.155 e. The van der Waals surface area contributed by atoms with Crippen LogP contribution in [0.5, 0.6) is 0 Å². The van der Waals surface area contributed by atoms with Gasteiger partial charge in [-0.1, -0.05) is 149 Å². The second-order valence-electron chi connectivity index (χ2n) is 10.5. The molecule has 0 radical (unpaired) electrons. The molecule has 0 unspecified atom stereocenters. The predicted octanol–water partition coefficient (Wildman–Crippen LogP) is 14.9. The number of carbonyl (C=O) groups excluding carboxylic acids is 1. The second kappa shape index (κ2) is 23.5. The minimum absolute atomic E-state index is 0. The highest BCUT2D eigenvalue weighted by Crippen LogP contribution is 2.79. The fourth-order valence-corrected chi connectivity index (χ4v) is 9.27. The molecule has 0 N–H and O–H groups in total. The number of carbonyl (C=O) groups is 1. The molecule has 6 rings (SSSR count). The Morgan fingerprint density at radius 2 is 1.38 bits per heavy atom. The van der Waals surface area contributed by atoms with Crippen LogP contribution >= 0.6 is 0 Å². The topological polar surface area (TPSA) is 26.3 Å². The van der Waals surface area contributed by atoms with Crippen molar-refractivity contribution in [1.29, 1.82) is 0 Å². The van der Waals surface area contributed by atoms with Gasteiger partial charge in [-0.05, 0) is 86.0 Å². The van der Waals surface area contributed by atoms with E-state index in [1.165, 1.54) is 44.1 Å². The number of hydrogen-bond acceptors (Lipinski definition) is 2. The molecule has 1 heterocycles. The third-order valence-corrected chi connectivity index (χ3v) is 10.1. The van der Waals surface area contributed by atoms with E-state index in [9.17, 15) is 4.79 Å². The number of allylic oxidation sites excluding steroid dienone is 1. The first kappa shape index (κ1) is 68.3. The lowest BCUT2D eigenvalue weighted by Gasteiger charge is -2.60. The monoisotopic (exact) mass is 607 g/mol. The number of ether oxygens (including phenoxy) is 1. The first-order valence-electron chi connectivity index (χ1n) is 11.7. The predicted molar refractivity (Wildman–Crippen MR) is 207 cm³/mol. The fraction of sp³-hybridized carbons (Fsp3) is 0.875. The number of hydrogen-bond donors (Lipinski definition) is 0. The summed E-state index contributed by atoms with van der Waals surface area (Å²) in [4.78, 5) is 12.1. The van der Waals surface area contributed by atoms with E-state index in [1.54, 1.807) is 0 Å². The Labute approximate surface area is 274 Å². The summed E-state index contributed by atoms with van der Waals surface area (Å²) >= 11 is 0. The lowest BCUT2D eigenvalue weighted by atomic mass is 9.45. The summed E-state index contributed by atoms with van der Waals surface area (Å²) < 4.78 is 6.62. The molecule has 266 valence electrons. The van der Waals surface area contributed by atoms with Gasteiger partial charge in [-0.3, -0.25) is 4.79 Å². The van der Waals surface area contributed by atoms with E-state index >= 15 is 0 Å². The normalized spacial score (nSPS) is 35.3. The highest BCUT2D eigenvalue weighted by molar-refractivity contribution is 5.91. The Kier molecular flexibility index (Phi) is 38.2. The molecule has 9 atom stereocenters. The van der Waals surface area contributed by atoms with Gasteiger partial charge in [0.25, 0.3) is 0 Å². The van der Waals surface area contributed by atoms with Gasteiger partial charge in [-0.2, -0.15) is 0 Å². The van der Waals surface area contributed by atoms with Crippen molar-refractivity contribution in [3.8, 4) is 0 Å². The summed E-state index contributed by atoms with van der Waals surface area (Å²) in [7, 11) is 0. The summed E-state index contributed by atoms with van der Waals surface area (Å²) in [6, 6.07) is 0. The van der Waals surface area contributed by atoms with E-state index in [-0.39, 0.29) is 117 Å². The molecular formula is C40H94O2. The van der Waals surface area contributed by atoms with Crippen LogP contribution in [0, 0.1) is 46.8 Å². The summed E-state index contributed by atoms with van der Waals surface area (Å²) in [5, 5.41) is 0. The van der Waals surface area contributed by atoms with Crippen molar-refractivity contribution in [1.82, 2.24) is 0 Å².